The number of unbranched alkanes of at least 4 members (excludes halogenated alkanes) is 18. The minimum Gasteiger partial charge on any atom is -0.481 e. The molecule has 0 amide bonds. The van der Waals surface area contributed by atoms with Gasteiger partial charge in [-0.1, -0.05) is 122 Å². The highest BCUT2D eigenvalue weighted by Crippen LogP contribution is 2.14. The largest absolute Gasteiger partial charge is 0.481 e. The molecule has 0 bridgehead atoms. The van der Waals surface area contributed by atoms with Crippen molar-refractivity contribution in [3.8, 4) is 0 Å². The van der Waals surface area contributed by atoms with E-state index < -0.39 is 17.9 Å². The van der Waals surface area contributed by atoms with Crippen molar-refractivity contribution in [2.45, 2.75) is 148 Å². The number of rotatable bonds is 23. The third-order valence-electron chi connectivity index (χ3n) is 5.55. The second-order valence-corrected chi connectivity index (χ2v) is 8.80. The van der Waals surface area contributed by atoms with E-state index in [1.807, 2.05) is 0 Å². The van der Waals surface area contributed by atoms with E-state index in [0.29, 0.717) is 6.42 Å². The fourth-order valence-electron chi connectivity index (χ4n) is 3.57. The summed E-state index contributed by atoms with van der Waals surface area (Å²) in [5.74, 6) is -2.80. The third kappa shape index (κ3) is 35.8. The molecule has 0 radical (unpaired) electrons. The standard InChI is InChI=1S/C22H44O2.C4H6O4/c1-2-3-4-5-6-7-8-9-10-11-12-13-14-15-16-17-18-19-20-21-22(23)24;5-3(6)1-2-4(7)8/h2-21H2,1H3,(H,23,24);1-2H2,(H,5,6)(H,7,8). The van der Waals surface area contributed by atoms with Crippen molar-refractivity contribution in [2.75, 3.05) is 0 Å². The number of carbonyl (C=O) groups is 3. The van der Waals surface area contributed by atoms with Gasteiger partial charge in [0, 0.05) is 6.42 Å². The van der Waals surface area contributed by atoms with Gasteiger partial charge in [-0.05, 0) is 6.42 Å². The molecule has 0 aromatic heterocycles. The lowest BCUT2D eigenvalue weighted by molar-refractivity contribution is -0.143. The summed E-state index contributed by atoms with van der Waals surface area (Å²) in [5.41, 5.74) is 0. The molecule has 0 rings (SSSR count). The van der Waals surface area contributed by atoms with Crippen molar-refractivity contribution in [3.63, 3.8) is 0 Å². The summed E-state index contributed by atoms with van der Waals surface area (Å²) in [6, 6.07) is 0. The SMILES string of the molecule is CCCCCCCCCCCCCCCCCCCCCC(=O)O.O=C(O)CCC(=O)O. The lowest BCUT2D eigenvalue weighted by Gasteiger charge is -2.03. The zero-order valence-electron chi connectivity index (χ0n) is 20.6. The van der Waals surface area contributed by atoms with Gasteiger partial charge in [-0.15, -0.1) is 0 Å². The van der Waals surface area contributed by atoms with Crippen LogP contribution in [0, 0.1) is 0 Å². The summed E-state index contributed by atoms with van der Waals surface area (Å²) in [5, 5.41) is 24.4. The third-order valence-corrected chi connectivity index (χ3v) is 5.55. The fraction of sp³-hybridized carbons (Fsp3) is 0.885. The van der Waals surface area contributed by atoms with Crippen molar-refractivity contribution >= 4 is 17.9 Å². The molecule has 32 heavy (non-hydrogen) atoms. The molecule has 190 valence electrons. The number of aliphatic carboxylic acids is 3. The maximum atomic E-state index is 10.4. The summed E-state index contributed by atoms with van der Waals surface area (Å²) in [6.45, 7) is 2.28. The van der Waals surface area contributed by atoms with E-state index in [4.69, 9.17) is 15.3 Å². The second-order valence-electron chi connectivity index (χ2n) is 8.80. The molecule has 0 aromatic carbocycles. The number of carboxylic acids is 3. The quantitative estimate of drug-likeness (QED) is 0.134. The van der Waals surface area contributed by atoms with Crippen LogP contribution in [-0.4, -0.2) is 33.2 Å². The van der Waals surface area contributed by atoms with Gasteiger partial charge in [0.05, 0.1) is 12.8 Å². The molecule has 0 unspecified atom stereocenters. The number of hydrogen-bond donors (Lipinski definition) is 3. The first-order valence-corrected chi connectivity index (χ1v) is 13.1. The Morgan fingerprint density at radius 2 is 0.594 bits per heavy atom. The highest BCUT2D eigenvalue weighted by Gasteiger charge is 2.00. The van der Waals surface area contributed by atoms with E-state index in [1.54, 1.807) is 0 Å². The highest BCUT2D eigenvalue weighted by atomic mass is 16.4. The average Bonchev–Trinajstić information content (AvgIpc) is 2.74. The maximum absolute atomic E-state index is 10.4. The molecule has 0 saturated carbocycles. The number of carboxylic acid groups (broad SMARTS) is 3. The first kappa shape index (κ1) is 32.6. The van der Waals surface area contributed by atoms with E-state index in [0.717, 1.165) is 12.8 Å². The molecule has 0 heterocycles. The Morgan fingerprint density at radius 3 is 0.812 bits per heavy atom. The van der Waals surface area contributed by atoms with Crippen LogP contribution >= 0.6 is 0 Å². The molecule has 0 aliphatic heterocycles. The van der Waals surface area contributed by atoms with Crippen molar-refractivity contribution in [1.29, 1.82) is 0 Å². The molecule has 0 spiro atoms. The molecule has 6 nitrogen and oxygen atoms in total. The van der Waals surface area contributed by atoms with Crippen LogP contribution in [0.15, 0.2) is 0 Å². The van der Waals surface area contributed by atoms with Gasteiger partial charge in [-0.2, -0.15) is 0 Å². The van der Waals surface area contributed by atoms with Crippen LogP contribution in [0.5, 0.6) is 0 Å². The molecule has 0 aliphatic rings. The smallest absolute Gasteiger partial charge is 0.303 e. The molecular formula is C26H50O6. The van der Waals surface area contributed by atoms with Crippen LogP contribution < -0.4 is 0 Å². The van der Waals surface area contributed by atoms with Crippen LogP contribution in [0.1, 0.15) is 148 Å². The lowest BCUT2D eigenvalue weighted by Crippen LogP contribution is -2.00. The monoisotopic (exact) mass is 458 g/mol. The van der Waals surface area contributed by atoms with Crippen molar-refractivity contribution < 1.29 is 29.7 Å². The Bertz CT molecular complexity index is 422. The van der Waals surface area contributed by atoms with E-state index >= 15 is 0 Å². The Labute approximate surface area is 196 Å². The van der Waals surface area contributed by atoms with E-state index in [9.17, 15) is 14.4 Å². The van der Waals surface area contributed by atoms with Crippen LogP contribution in [0.2, 0.25) is 0 Å². The highest BCUT2D eigenvalue weighted by molar-refractivity contribution is 5.75. The van der Waals surface area contributed by atoms with Gasteiger partial charge >= 0.3 is 17.9 Å². The topological polar surface area (TPSA) is 112 Å². The summed E-state index contributed by atoms with van der Waals surface area (Å²) in [7, 11) is 0. The van der Waals surface area contributed by atoms with Gasteiger partial charge < -0.3 is 15.3 Å². The van der Waals surface area contributed by atoms with Gasteiger partial charge in [-0.25, -0.2) is 0 Å². The molecule has 3 N–H and O–H groups in total. The fourth-order valence-corrected chi connectivity index (χ4v) is 3.57. The van der Waals surface area contributed by atoms with Crippen LogP contribution in [-0.2, 0) is 14.4 Å². The predicted octanol–water partition coefficient (Wildman–Crippen LogP) is 7.83. The molecule has 0 saturated heterocycles. The molecular weight excluding hydrogens is 408 g/mol. The van der Waals surface area contributed by atoms with Gasteiger partial charge in [0.25, 0.3) is 0 Å². The van der Waals surface area contributed by atoms with E-state index in [2.05, 4.69) is 6.92 Å². The zero-order valence-corrected chi connectivity index (χ0v) is 20.6. The van der Waals surface area contributed by atoms with E-state index in [-0.39, 0.29) is 12.8 Å². The van der Waals surface area contributed by atoms with Gasteiger partial charge in [0.2, 0.25) is 0 Å². The summed E-state index contributed by atoms with van der Waals surface area (Å²) >= 11 is 0. The van der Waals surface area contributed by atoms with Crippen LogP contribution in [0.25, 0.3) is 0 Å². The van der Waals surface area contributed by atoms with Gasteiger partial charge in [0.15, 0.2) is 0 Å². The Balaban J connectivity index is 0. The lowest BCUT2D eigenvalue weighted by atomic mass is 10.0. The molecule has 0 atom stereocenters. The zero-order chi connectivity index (χ0) is 24.3. The van der Waals surface area contributed by atoms with Crippen molar-refractivity contribution in [1.82, 2.24) is 0 Å². The van der Waals surface area contributed by atoms with Crippen LogP contribution in [0.3, 0.4) is 0 Å². The van der Waals surface area contributed by atoms with Gasteiger partial charge in [0.1, 0.15) is 0 Å². The number of hydrogen-bond acceptors (Lipinski definition) is 3. The summed E-state index contributed by atoms with van der Waals surface area (Å²) in [4.78, 5) is 29.7. The first-order valence-electron chi connectivity index (χ1n) is 13.1. The van der Waals surface area contributed by atoms with Gasteiger partial charge in [-0.3, -0.25) is 14.4 Å². The minimum absolute atomic E-state index is 0.296. The Kier molecular flexibility index (Phi) is 27.9. The van der Waals surface area contributed by atoms with Crippen LogP contribution in [0.4, 0.5) is 0 Å². The van der Waals surface area contributed by atoms with Crippen molar-refractivity contribution in [2.24, 2.45) is 0 Å². The Hall–Kier alpha value is -1.59. The van der Waals surface area contributed by atoms with Crippen molar-refractivity contribution in [3.05, 3.63) is 0 Å². The normalized spacial score (nSPS) is 10.4. The first-order chi connectivity index (χ1) is 15.4. The second kappa shape index (κ2) is 27.4. The summed E-state index contributed by atoms with van der Waals surface area (Å²) < 4.78 is 0. The van der Waals surface area contributed by atoms with E-state index in [1.165, 1.54) is 109 Å². The minimum atomic E-state index is -1.08. The molecule has 0 fully saturated rings. The average molecular weight is 459 g/mol. The predicted molar refractivity (Wildman–Crippen MR) is 130 cm³/mol. The molecule has 0 aliphatic carbocycles. The Morgan fingerprint density at radius 1 is 0.375 bits per heavy atom. The summed E-state index contributed by atoms with van der Waals surface area (Å²) in [6.07, 6.45) is 25.5. The molecule has 6 heteroatoms. The maximum Gasteiger partial charge on any atom is 0.303 e. The molecule has 0 aromatic rings.